The van der Waals surface area contributed by atoms with Gasteiger partial charge >= 0.3 is 0 Å². The lowest BCUT2D eigenvalue weighted by Crippen LogP contribution is -1.80. The third kappa shape index (κ3) is 1.40. The molecular formula is C12H9N3O. The minimum atomic E-state index is 0.321. The monoisotopic (exact) mass is 211 g/mol. The summed E-state index contributed by atoms with van der Waals surface area (Å²) in [6.07, 6.45) is 1.77. The number of rotatable bonds is 1. The predicted molar refractivity (Wildman–Crippen MR) is 61.7 cm³/mol. The summed E-state index contributed by atoms with van der Waals surface area (Å²) in [5.74, 6) is 0.321. The molecule has 16 heavy (non-hydrogen) atoms. The normalized spacial score (nSPS) is 10.8. The fraction of sp³-hybridized carbons (Fsp3) is 0. The van der Waals surface area contributed by atoms with Crippen molar-refractivity contribution in [3.05, 3.63) is 42.6 Å². The number of nitrogens with two attached hydrogens (primary N) is 1. The molecule has 78 valence electrons. The molecule has 0 aliphatic carbocycles. The van der Waals surface area contributed by atoms with E-state index in [4.69, 9.17) is 10.3 Å². The van der Waals surface area contributed by atoms with E-state index in [0.717, 1.165) is 22.2 Å². The molecule has 0 radical (unpaired) electrons. The van der Waals surface area contributed by atoms with Crippen LogP contribution >= 0.6 is 0 Å². The molecule has 0 fully saturated rings. The van der Waals surface area contributed by atoms with Crippen molar-refractivity contribution >= 4 is 16.8 Å². The lowest BCUT2D eigenvalue weighted by atomic mass is 10.1. The summed E-state index contributed by atoms with van der Waals surface area (Å²) in [7, 11) is 0. The second-order valence-electron chi connectivity index (χ2n) is 3.53. The molecule has 0 aliphatic heterocycles. The van der Waals surface area contributed by atoms with Crippen LogP contribution in [0.2, 0.25) is 0 Å². The summed E-state index contributed by atoms with van der Waals surface area (Å²) in [6, 6.07) is 11.5. The fourth-order valence-electron chi connectivity index (χ4n) is 1.66. The van der Waals surface area contributed by atoms with Crippen LogP contribution in [0.25, 0.3) is 22.2 Å². The van der Waals surface area contributed by atoms with Crippen molar-refractivity contribution in [1.82, 2.24) is 10.1 Å². The SMILES string of the molecule is Nc1cc(-c2ccc3ncccc3c2)no1. The Labute approximate surface area is 91.7 Å². The molecule has 2 heterocycles. The zero-order valence-electron chi connectivity index (χ0n) is 8.42. The van der Waals surface area contributed by atoms with Gasteiger partial charge in [0.1, 0.15) is 5.69 Å². The van der Waals surface area contributed by atoms with Gasteiger partial charge in [0.25, 0.3) is 0 Å². The molecule has 0 amide bonds. The van der Waals surface area contributed by atoms with Crippen LogP contribution in [0.4, 0.5) is 5.88 Å². The average Bonchev–Trinajstić information content (AvgIpc) is 2.75. The van der Waals surface area contributed by atoms with Gasteiger partial charge in [0, 0.05) is 23.2 Å². The Balaban J connectivity index is 2.18. The highest BCUT2D eigenvalue weighted by molar-refractivity contribution is 5.83. The van der Waals surface area contributed by atoms with Gasteiger partial charge in [-0.1, -0.05) is 17.3 Å². The zero-order chi connectivity index (χ0) is 11.0. The predicted octanol–water partition coefficient (Wildman–Crippen LogP) is 2.47. The summed E-state index contributed by atoms with van der Waals surface area (Å²) in [5, 5.41) is 4.94. The van der Waals surface area contributed by atoms with Gasteiger partial charge in [-0.15, -0.1) is 0 Å². The average molecular weight is 211 g/mol. The summed E-state index contributed by atoms with van der Waals surface area (Å²) < 4.78 is 4.84. The number of benzene rings is 1. The second kappa shape index (κ2) is 3.34. The van der Waals surface area contributed by atoms with E-state index in [9.17, 15) is 0 Å². The van der Waals surface area contributed by atoms with Gasteiger partial charge in [-0.3, -0.25) is 4.98 Å². The molecule has 0 unspecified atom stereocenters. The number of hydrogen-bond donors (Lipinski definition) is 1. The van der Waals surface area contributed by atoms with Crippen LogP contribution in [-0.4, -0.2) is 10.1 Å². The van der Waals surface area contributed by atoms with E-state index in [1.807, 2.05) is 30.3 Å². The summed E-state index contributed by atoms with van der Waals surface area (Å²) in [4.78, 5) is 4.25. The third-order valence-corrected chi connectivity index (χ3v) is 2.43. The minimum absolute atomic E-state index is 0.321. The zero-order valence-corrected chi connectivity index (χ0v) is 8.42. The standard InChI is InChI=1S/C12H9N3O/c13-12-7-11(15-16-12)9-3-4-10-8(6-9)2-1-5-14-10/h1-7H,13H2. The fourth-order valence-corrected chi connectivity index (χ4v) is 1.66. The molecular weight excluding hydrogens is 202 g/mol. The molecule has 0 bridgehead atoms. The minimum Gasteiger partial charge on any atom is -0.368 e. The van der Waals surface area contributed by atoms with Crippen LogP contribution in [0.3, 0.4) is 0 Å². The largest absolute Gasteiger partial charge is 0.368 e. The van der Waals surface area contributed by atoms with Crippen LogP contribution in [0.5, 0.6) is 0 Å². The highest BCUT2D eigenvalue weighted by Gasteiger charge is 2.04. The third-order valence-electron chi connectivity index (χ3n) is 2.43. The van der Waals surface area contributed by atoms with E-state index in [1.54, 1.807) is 12.3 Å². The number of hydrogen-bond acceptors (Lipinski definition) is 4. The molecule has 3 aromatic rings. The molecule has 4 nitrogen and oxygen atoms in total. The van der Waals surface area contributed by atoms with E-state index >= 15 is 0 Å². The molecule has 0 aliphatic rings. The van der Waals surface area contributed by atoms with E-state index in [2.05, 4.69) is 10.1 Å². The first-order valence-electron chi connectivity index (χ1n) is 4.90. The Kier molecular flexibility index (Phi) is 1.86. The van der Waals surface area contributed by atoms with Gasteiger partial charge in [0.05, 0.1) is 5.52 Å². The maximum atomic E-state index is 5.49. The van der Waals surface area contributed by atoms with Crippen molar-refractivity contribution < 1.29 is 4.52 Å². The topological polar surface area (TPSA) is 64.9 Å². The second-order valence-corrected chi connectivity index (χ2v) is 3.53. The van der Waals surface area contributed by atoms with E-state index < -0.39 is 0 Å². The highest BCUT2D eigenvalue weighted by atomic mass is 16.5. The van der Waals surface area contributed by atoms with Crippen molar-refractivity contribution in [2.75, 3.05) is 5.73 Å². The number of aromatic nitrogens is 2. The van der Waals surface area contributed by atoms with Crippen LogP contribution in [0.1, 0.15) is 0 Å². The first-order valence-corrected chi connectivity index (χ1v) is 4.90. The number of nitrogen functional groups attached to an aromatic ring is 1. The molecule has 2 N–H and O–H groups in total. The van der Waals surface area contributed by atoms with Crippen molar-refractivity contribution in [2.45, 2.75) is 0 Å². The van der Waals surface area contributed by atoms with E-state index in [0.29, 0.717) is 5.88 Å². The van der Waals surface area contributed by atoms with Crippen LogP contribution < -0.4 is 5.73 Å². The molecule has 0 saturated carbocycles. The van der Waals surface area contributed by atoms with Crippen LogP contribution in [0.15, 0.2) is 47.1 Å². The first kappa shape index (κ1) is 8.91. The number of pyridine rings is 1. The van der Waals surface area contributed by atoms with Crippen molar-refractivity contribution in [3.8, 4) is 11.3 Å². The van der Waals surface area contributed by atoms with E-state index in [-0.39, 0.29) is 0 Å². The molecule has 0 atom stereocenters. The Morgan fingerprint density at radius 1 is 1.12 bits per heavy atom. The maximum Gasteiger partial charge on any atom is 0.222 e. The molecule has 2 aromatic heterocycles. The first-order chi connectivity index (χ1) is 7.83. The molecule has 1 aromatic carbocycles. The molecule has 3 rings (SSSR count). The van der Waals surface area contributed by atoms with Gasteiger partial charge in [0.15, 0.2) is 0 Å². The Morgan fingerprint density at radius 2 is 2.06 bits per heavy atom. The number of nitrogens with zero attached hydrogens (tertiary/aromatic N) is 2. The van der Waals surface area contributed by atoms with Gasteiger partial charge in [0.2, 0.25) is 5.88 Å². The summed E-state index contributed by atoms with van der Waals surface area (Å²) in [5.41, 5.74) is 8.16. The molecule has 4 heteroatoms. The van der Waals surface area contributed by atoms with Crippen molar-refractivity contribution in [3.63, 3.8) is 0 Å². The Morgan fingerprint density at radius 3 is 2.88 bits per heavy atom. The van der Waals surface area contributed by atoms with Gasteiger partial charge in [-0.2, -0.15) is 0 Å². The summed E-state index contributed by atoms with van der Waals surface area (Å²) in [6.45, 7) is 0. The summed E-state index contributed by atoms with van der Waals surface area (Å²) >= 11 is 0. The molecule has 0 spiro atoms. The number of anilines is 1. The van der Waals surface area contributed by atoms with Crippen LogP contribution in [0, 0.1) is 0 Å². The quantitative estimate of drug-likeness (QED) is 0.671. The lowest BCUT2D eigenvalue weighted by Gasteiger charge is -1.98. The van der Waals surface area contributed by atoms with Crippen LogP contribution in [-0.2, 0) is 0 Å². The van der Waals surface area contributed by atoms with Crippen molar-refractivity contribution in [2.24, 2.45) is 0 Å². The Hall–Kier alpha value is -2.36. The lowest BCUT2D eigenvalue weighted by molar-refractivity contribution is 0.439. The number of fused-ring (bicyclic) bond motifs is 1. The van der Waals surface area contributed by atoms with E-state index in [1.165, 1.54) is 0 Å². The Bertz CT molecular complexity index is 645. The smallest absolute Gasteiger partial charge is 0.222 e. The highest BCUT2D eigenvalue weighted by Crippen LogP contribution is 2.23. The van der Waals surface area contributed by atoms with Gasteiger partial charge in [-0.05, 0) is 18.2 Å². The molecule has 0 saturated heterocycles. The van der Waals surface area contributed by atoms with Crippen molar-refractivity contribution in [1.29, 1.82) is 0 Å². The maximum absolute atomic E-state index is 5.49. The van der Waals surface area contributed by atoms with Gasteiger partial charge in [-0.25, -0.2) is 0 Å². The van der Waals surface area contributed by atoms with Gasteiger partial charge < -0.3 is 10.3 Å².